The summed E-state index contributed by atoms with van der Waals surface area (Å²) in [5.74, 6) is 0.646. The smallest absolute Gasteiger partial charge is 0.231 e. The topological polar surface area (TPSA) is 76.4 Å². The van der Waals surface area contributed by atoms with E-state index in [4.69, 9.17) is 14.7 Å². The molecule has 1 saturated carbocycles. The maximum absolute atomic E-state index is 11.9. The maximum atomic E-state index is 11.9. The summed E-state index contributed by atoms with van der Waals surface area (Å²) in [4.78, 5) is 0. The van der Waals surface area contributed by atoms with Crippen LogP contribution >= 0.6 is 0 Å². The molecule has 0 bridgehead atoms. The number of rotatable bonds is 3. The van der Waals surface area contributed by atoms with Gasteiger partial charge in [0.1, 0.15) is 0 Å². The number of ether oxygens (including phenoxy) is 2. The molecular weight excluding hydrogens is 266 g/mol. The van der Waals surface area contributed by atoms with Crippen LogP contribution in [0.25, 0.3) is 0 Å². The molecule has 0 spiro atoms. The van der Waals surface area contributed by atoms with E-state index in [1.165, 1.54) is 0 Å². The van der Waals surface area contributed by atoms with Crippen LogP contribution in [0.2, 0.25) is 0 Å². The van der Waals surface area contributed by atoms with E-state index >= 15 is 0 Å². The summed E-state index contributed by atoms with van der Waals surface area (Å²) in [7, 11) is -3.19. The summed E-state index contributed by atoms with van der Waals surface area (Å²) >= 11 is 0. The van der Waals surface area contributed by atoms with Crippen molar-refractivity contribution < 1.29 is 17.9 Å². The summed E-state index contributed by atoms with van der Waals surface area (Å²) in [6.07, 6.45) is 0. The van der Waals surface area contributed by atoms with Gasteiger partial charge in [0, 0.05) is 11.7 Å². The molecule has 2 aliphatic rings. The minimum absolute atomic E-state index is 0.0664. The maximum Gasteiger partial charge on any atom is 0.231 e. The second-order valence-corrected chi connectivity index (χ2v) is 7.16. The predicted molar refractivity (Wildman–Crippen MR) is 67.7 cm³/mol. The van der Waals surface area contributed by atoms with Gasteiger partial charge in [0.25, 0.3) is 0 Å². The minimum Gasteiger partial charge on any atom is -0.454 e. The lowest BCUT2D eigenvalue weighted by Crippen LogP contribution is -2.12. The van der Waals surface area contributed by atoms with Crippen molar-refractivity contribution in [1.82, 2.24) is 0 Å². The summed E-state index contributed by atoms with van der Waals surface area (Å²) in [6, 6.07) is 7.45. The highest BCUT2D eigenvalue weighted by Crippen LogP contribution is 2.53. The van der Waals surface area contributed by atoms with Crippen molar-refractivity contribution in [1.29, 1.82) is 5.26 Å². The van der Waals surface area contributed by atoms with Crippen molar-refractivity contribution in [2.75, 3.05) is 12.5 Å². The van der Waals surface area contributed by atoms with Crippen LogP contribution in [-0.4, -0.2) is 26.2 Å². The van der Waals surface area contributed by atoms with Crippen molar-refractivity contribution in [3.8, 4) is 17.6 Å². The van der Waals surface area contributed by atoms with E-state index in [0.29, 0.717) is 11.5 Å². The van der Waals surface area contributed by atoms with Gasteiger partial charge in [-0.15, -0.1) is 0 Å². The van der Waals surface area contributed by atoms with Crippen LogP contribution in [0.1, 0.15) is 18.4 Å². The van der Waals surface area contributed by atoms with Crippen molar-refractivity contribution in [3.63, 3.8) is 0 Å². The fourth-order valence-electron chi connectivity index (χ4n) is 2.59. The van der Waals surface area contributed by atoms with Crippen LogP contribution in [0.4, 0.5) is 0 Å². The van der Waals surface area contributed by atoms with Gasteiger partial charge in [0.2, 0.25) is 6.79 Å². The lowest BCUT2D eigenvalue weighted by molar-refractivity contribution is 0.174. The molecule has 0 aromatic heterocycles. The van der Waals surface area contributed by atoms with Crippen LogP contribution in [0.3, 0.4) is 0 Å². The number of sulfone groups is 1. The SMILES string of the molecule is CCS(=O)(=O)[C@H]1[C@@H](C#N)[C@@H]1c1ccc2c(c1)OCO2. The number of hydrogen-bond donors (Lipinski definition) is 0. The van der Waals surface area contributed by atoms with Gasteiger partial charge in [-0.05, 0) is 17.7 Å². The van der Waals surface area contributed by atoms with E-state index in [1.807, 2.05) is 6.07 Å². The molecule has 1 fully saturated rings. The van der Waals surface area contributed by atoms with Gasteiger partial charge in [-0.25, -0.2) is 8.42 Å². The summed E-state index contributed by atoms with van der Waals surface area (Å²) in [6.45, 7) is 1.79. The average molecular weight is 279 g/mol. The zero-order chi connectivity index (χ0) is 13.6. The van der Waals surface area contributed by atoms with Gasteiger partial charge >= 0.3 is 0 Å². The summed E-state index contributed by atoms with van der Waals surface area (Å²) < 4.78 is 34.4. The third-order valence-corrected chi connectivity index (χ3v) is 5.92. The molecule has 0 radical (unpaired) electrons. The van der Waals surface area contributed by atoms with Crippen LogP contribution in [0.5, 0.6) is 11.5 Å². The molecule has 5 nitrogen and oxygen atoms in total. The molecular formula is C13H13NO4S. The average Bonchev–Trinajstić information content (AvgIpc) is 2.99. The molecule has 100 valence electrons. The highest BCUT2D eigenvalue weighted by atomic mass is 32.2. The zero-order valence-corrected chi connectivity index (χ0v) is 11.2. The Morgan fingerprint density at radius 2 is 2.11 bits per heavy atom. The van der Waals surface area contributed by atoms with Crippen molar-refractivity contribution >= 4 is 9.84 Å². The number of fused-ring (bicyclic) bond motifs is 1. The first kappa shape index (κ1) is 12.3. The molecule has 1 aromatic carbocycles. The number of nitriles is 1. The number of nitrogens with zero attached hydrogens (tertiary/aromatic N) is 1. The molecule has 0 N–H and O–H groups in total. The molecule has 0 unspecified atom stereocenters. The van der Waals surface area contributed by atoms with E-state index in [2.05, 4.69) is 6.07 Å². The first-order valence-electron chi connectivity index (χ1n) is 6.09. The van der Waals surface area contributed by atoms with Gasteiger partial charge in [-0.1, -0.05) is 13.0 Å². The molecule has 6 heteroatoms. The van der Waals surface area contributed by atoms with Gasteiger partial charge in [0.15, 0.2) is 21.3 Å². The third-order valence-electron chi connectivity index (χ3n) is 3.70. The predicted octanol–water partition coefficient (Wildman–Crippen LogP) is 1.46. The molecule has 3 atom stereocenters. The lowest BCUT2D eigenvalue weighted by Gasteiger charge is -2.02. The molecule has 3 rings (SSSR count). The second kappa shape index (κ2) is 4.14. The number of benzene rings is 1. The fourth-order valence-corrected chi connectivity index (χ4v) is 4.34. The van der Waals surface area contributed by atoms with Crippen molar-refractivity contribution in [2.45, 2.75) is 18.1 Å². The van der Waals surface area contributed by atoms with Gasteiger partial charge in [0.05, 0.1) is 17.2 Å². The van der Waals surface area contributed by atoms with Crippen LogP contribution in [0, 0.1) is 17.2 Å². The Morgan fingerprint density at radius 1 is 1.37 bits per heavy atom. The Hall–Kier alpha value is -1.74. The Balaban J connectivity index is 1.94. The molecule has 1 aromatic rings. The third kappa shape index (κ3) is 1.85. The van der Waals surface area contributed by atoms with E-state index in [0.717, 1.165) is 5.56 Å². The standard InChI is InChI=1S/C13H13NO4S/c1-2-19(15,16)13-9(6-14)12(13)8-3-4-10-11(5-8)18-7-17-10/h3-5,9,12-13H,2,7H2,1H3/t9-,12-,13-/m0/s1. The van der Waals surface area contributed by atoms with Gasteiger partial charge in [-0.3, -0.25) is 0 Å². The van der Waals surface area contributed by atoms with E-state index in [9.17, 15) is 8.42 Å². The monoisotopic (exact) mass is 279 g/mol. The highest BCUT2D eigenvalue weighted by molar-refractivity contribution is 7.92. The quantitative estimate of drug-likeness (QED) is 0.837. The molecule has 1 aliphatic carbocycles. The van der Waals surface area contributed by atoms with Gasteiger partial charge in [-0.2, -0.15) is 5.26 Å². The van der Waals surface area contributed by atoms with E-state index in [1.54, 1.807) is 19.1 Å². The Bertz CT molecular complexity index is 662. The van der Waals surface area contributed by atoms with E-state index < -0.39 is 21.0 Å². The first-order valence-corrected chi connectivity index (χ1v) is 7.80. The molecule has 1 heterocycles. The largest absolute Gasteiger partial charge is 0.454 e. The summed E-state index contributed by atoms with van der Waals surface area (Å²) in [5, 5.41) is 8.51. The van der Waals surface area contributed by atoms with Crippen LogP contribution in [0.15, 0.2) is 18.2 Å². The van der Waals surface area contributed by atoms with Crippen LogP contribution < -0.4 is 9.47 Å². The Kier molecular flexibility index (Phi) is 2.68. The normalized spacial score (nSPS) is 27.9. The molecule has 1 aliphatic heterocycles. The van der Waals surface area contributed by atoms with Crippen molar-refractivity contribution in [3.05, 3.63) is 23.8 Å². The zero-order valence-electron chi connectivity index (χ0n) is 10.4. The second-order valence-electron chi connectivity index (χ2n) is 4.71. The van der Waals surface area contributed by atoms with Crippen LogP contribution in [-0.2, 0) is 9.84 Å². The highest BCUT2D eigenvalue weighted by Gasteiger charge is 2.58. The fraction of sp³-hybridized carbons (Fsp3) is 0.462. The Labute approximate surface area is 111 Å². The number of hydrogen-bond acceptors (Lipinski definition) is 5. The lowest BCUT2D eigenvalue weighted by atomic mass is 10.1. The van der Waals surface area contributed by atoms with E-state index in [-0.39, 0.29) is 18.5 Å². The first-order chi connectivity index (χ1) is 9.08. The molecule has 19 heavy (non-hydrogen) atoms. The Morgan fingerprint density at radius 3 is 2.79 bits per heavy atom. The molecule has 0 saturated heterocycles. The molecule has 0 amide bonds. The van der Waals surface area contributed by atoms with Gasteiger partial charge < -0.3 is 9.47 Å². The minimum atomic E-state index is -3.19. The summed E-state index contributed by atoms with van der Waals surface area (Å²) in [5.41, 5.74) is 0.831. The van der Waals surface area contributed by atoms with Crippen molar-refractivity contribution in [2.24, 2.45) is 5.92 Å².